The largest absolute Gasteiger partial charge is 0.858 e. The van der Waals surface area contributed by atoms with Gasteiger partial charge in [-0.25, -0.2) is 14.8 Å². The van der Waals surface area contributed by atoms with Gasteiger partial charge in [-0.15, -0.1) is 0 Å². The minimum atomic E-state index is -0.543. The Balaban J connectivity index is 1.68. The molecule has 0 aliphatic rings. The predicted octanol–water partition coefficient (Wildman–Crippen LogP) is 1.36. The van der Waals surface area contributed by atoms with Gasteiger partial charge in [0.2, 0.25) is 5.69 Å². The first-order chi connectivity index (χ1) is 14.0. The Kier molecular flexibility index (Phi) is 4.62. The summed E-state index contributed by atoms with van der Waals surface area (Å²) in [5, 5.41) is 15.2. The smallest absolute Gasteiger partial charge is 0.427 e. The third-order valence-corrected chi connectivity index (χ3v) is 4.00. The zero-order chi connectivity index (χ0) is 20.4. The highest BCUT2D eigenvalue weighted by atomic mass is 16.5. The van der Waals surface area contributed by atoms with Crippen molar-refractivity contribution in [3.63, 3.8) is 0 Å². The SMILES string of the molecule is CC(=O)Oc1ccccc1/C=C\c1nc([O-])c2cc(-[n+]3cc(=O)o[nH]3)ccc2n1. The molecule has 0 saturated heterocycles. The topological polar surface area (TPSA) is 125 Å². The summed E-state index contributed by atoms with van der Waals surface area (Å²) in [7, 11) is 0. The summed E-state index contributed by atoms with van der Waals surface area (Å²) in [6.07, 6.45) is 4.45. The molecule has 29 heavy (non-hydrogen) atoms. The third kappa shape index (κ3) is 3.88. The lowest BCUT2D eigenvalue weighted by atomic mass is 10.2. The Bertz CT molecular complexity index is 1310. The van der Waals surface area contributed by atoms with E-state index in [2.05, 4.69) is 19.8 Å². The summed E-state index contributed by atoms with van der Waals surface area (Å²) >= 11 is 0. The summed E-state index contributed by atoms with van der Waals surface area (Å²) < 4.78 is 11.1. The Morgan fingerprint density at radius 1 is 1.21 bits per heavy atom. The summed E-state index contributed by atoms with van der Waals surface area (Å²) in [6, 6.07) is 11.9. The molecule has 2 heterocycles. The number of benzene rings is 2. The number of hydrogen-bond donors (Lipinski definition) is 1. The van der Waals surface area contributed by atoms with Crippen molar-refractivity contribution in [1.82, 2.24) is 15.2 Å². The molecule has 2 aromatic heterocycles. The van der Waals surface area contributed by atoms with Gasteiger partial charge in [-0.05, 0) is 40.1 Å². The number of esters is 1. The maximum Gasteiger partial charge on any atom is 0.427 e. The van der Waals surface area contributed by atoms with Crippen molar-refractivity contribution in [3.8, 4) is 17.3 Å². The number of aromatic amines is 1. The van der Waals surface area contributed by atoms with Crippen molar-refractivity contribution in [2.75, 3.05) is 0 Å². The molecule has 9 heteroatoms. The molecule has 0 radical (unpaired) electrons. The van der Waals surface area contributed by atoms with Gasteiger partial charge in [0.05, 0.1) is 5.52 Å². The van der Waals surface area contributed by atoms with Crippen molar-refractivity contribution in [2.24, 2.45) is 0 Å². The Labute approximate surface area is 163 Å². The number of carbonyl (C=O) groups is 1. The highest BCUT2D eigenvalue weighted by Gasteiger charge is 2.12. The quantitative estimate of drug-likeness (QED) is 0.317. The van der Waals surface area contributed by atoms with Gasteiger partial charge >= 0.3 is 11.6 Å². The zero-order valence-electron chi connectivity index (χ0n) is 15.2. The van der Waals surface area contributed by atoms with E-state index in [0.29, 0.717) is 27.9 Å². The van der Waals surface area contributed by atoms with Crippen molar-refractivity contribution in [3.05, 3.63) is 70.5 Å². The minimum Gasteiger partial charge on any atom is -0.858 e. The van der Waals surface area contributed by atoms with E-state index < -0.39 is 17.5 Å². The normalized spacial score (nSPS) is 11.2. The van der Waals surface area contributed by atoms with E-state index in [0.717, 1.165) is 0 Å². The molecule has 0 saturated carbocycles. The monoisotopic (exact) mass is 390 g/mol. The van der Waals surface area contributed by atoms with Crippen molar-refractivity contribution >= 4 is 29.0 Å². The van der Waals surface area contributed by atoms with E-state index in [9.17, 15) is 14.7 Å². The second kappa shape index (κ2) is 7.39. The van der Waals surface area contributed by atoms with Crippen LogP contribution in [0.1, 0.15) is 18.3 Å². The lowest BCUT2D eigenvalue weighted by molar-refractivity contribution is -0.670. The van der Waals surface area contributed by atoms with E-state index in [1.165, 1.54) is 17.8 Å². The fraction of sp³-hybridized carbons (Fsp3) is 0.0500. The van der Waals surface area contributed by atoms with E-state index in [-0.39, 0.29) is 5.82 Å². The van der Waals surface area contributed by atoms with E-state index in [4.69, 9.17) is 4.74 Å². The first-order valence-corrected chi connectivity index (χ1v) is 8.54. The number of aromatic nitrogens is 4. The predicted molar refractivity (Wildman–Crippen MR) is 100 cm³/mol. The van der Waals surface area contributed by atoms with Crippen molar-refractivity contribution in [2.45, 2.75) is 6.92 Å². The highest BCUT2D eigenvalue weighted by molar-refractivity contribution is 5.85. The van der Waals surface area contributed by atoms with Crippen molar-refractivity contribution < 1.29 is 23.8 Å². The van der Waals surface area contributed by atoms with Gasteiger partial charge in [-0.2, -0.15) is 0 Å². The van der Waals surface area contributed by atoms with Gasteiger partial charge in [0.25, 0.3) is 6.20 Å². The summed E-state index contributed by atoms with van der Waals surface area (Å²) in [4.78, 5) is 30.7. The van der Waals surface area contributed by atoms with Crippen LogP contribution in [-0.2, 0) is 4.79 Å². The van der Waals surface area contributed by atoms with Gasteiger partial charge in [-0.1, -0.05) is 18.2 Å². The number of ether oxygens (including phenoxy) is 1. The molecule has 4 rings (SSSR count). The third-order valence-electron chi connectivity index (χ3n) is 4.00. The van der Waals surface area contributed by atoms with Crippen LogP contribution in [0.3, 0.4) is 0 Å². The van der Waals surface area contributed by atoms with Crippen LogP contribution in [0, 0.1) is 0 Å². The molecule has 0 aliphatic heterocycles. The molecule has 0 spiro atoms. The molecular weight excluding hydrogens is 376 g/mol. The average Bonchev–Trinajstić information content (AvgIpc) is 3.13. The standard InChI is InChI=1S/C20H14N4O5/c1-12(25)28-17-5-3-2-4-13(17)6-9-18-21-16-8-7-14(10-15(16)20(27)22-18)24-11-19(26)29-23-24/h2-11H,1H3,(H-,21,22,23,26,27)/b9-6-. The molecule has 1 N–H and O–H groups in total. The number of nitrogens with zero attached hydrogens (tertiary/aromatic N) is 3. The fourth-order valence-corrected chi connectivity index (χ4v) is 2.74. The Morgan fingerprint density at radius 3 is 2.79 bits per heavy atom. The molecule has 0 bridgehead atoms. The van der Waals surface area contributed by atoms with Crippen LogP contribution in [-0.4, -0.2) is 21.2 Å². The van der Waals surface area contributed by atoms with Crippen LogP contribution in [0.25, 0.3) is 28.7 Å². The second-order valence-corrected chi connectivity index (χ2v) is 6.06. The van der Waals surface area contributed by atoms with Gasteiger partial charge < -0.3 is 9.84 Å². The Hall–Kier alpha value is -4.27. The highest BCUT2D eigenvalue weighted by Crippen LogP contribution is 2.23. The average molecular weight is 390 g/mol. The minimum absolute atomic E-state index is 0.220. The summed E-state index contributed by atoms with van der Waals surface area (Å²) in [5.41, 5.74) is 1.09. The lowest BCUT2D eigenvalue weighted by Crippen LogP contribution is -2.32. The number of hydrogen-bond acceptors (Lipinski definition) is 7. The first-order valence-electron chi connectivity index (χ1n) is 8.54. The van der Waals surface area contributed by atoms with Crippen LogP contribution in [0.2, 0.25) is 0 Å². The van der Waals surface area contributed by atoms with Crippen LogP contribution < -0.4 is 20.2 Å². The van der Waals surface area contributed by atoms with Crippen LogP contribution >= 0.6 is 0 Å². The van der Waals surface area contributed by atoms with Gasteiger partial charge in [0.1, 0.15) is 5.75 Å². The van der Waals surface area contributed by atoms with E-state index in [1.807, 2.05) is 0 Å². The lowest BCUT2D eigenvalue weighted by Gasteiger charge is -2.09. The summed E-state index contributed by atoms with van der Waals surface area (Å²) in [5.74, 6) is -0.272. The molecule has 0 unspecified atom stereocenters. The van der Waals surface area contributed by atoms with Crippen molar-refractivity contribution in [1.29, 1.82) is 0 Å². The van der Waals surface area contributed by atoms with Gasteiger partial charge in [0.15, 0.2) is 5.82 Å². The number of rotatable bonds is 4. The fourth-order valence-electron chi connectivity index (χ4n) is 2.74. The zero-order valence-corrected chi connectivity index (χ0v) is 15.2. The molecule has 9 nitrogen and oxygen atoms in total. The number of carbonyl (C=O) groups excluding carboxylic acids is 1. The molecular formula is C20H14N4O5. The summed E-state index contributed by atoms with van der Waals surface area (Å²) in [6.45, 7) is 1.32. The number of fused-ring (bicyclic) bond motifs is 1. The molecule has 4 aromatic rings. The molecule has 0 fully saturated rings. The molecule has 2 aromatic carbocycles. The van der Waals surface area contributed by atoms with E-state index >= 15 is 0 Å². The van der Waals surface area contributed by atoms with Crippen LogP contribution in [0.5, 0.6) is 11.6 Å². The molecule has 144 valence electrons. The van der Waals surface area contributed by atoms with Gasteiger partial charge in [0, 0.05) is 30.0 Å². The maximum atomic E-state index is 12.5. The second-order valence-electron chi connectivity index (χ2n) is 6.06. The van der Waals surface area contributed by atoms with E-state index in [1.54, 1.807) is 54.6 Å². The van der Waals surface area contributed by atoms with Gasteiger partial charge in [-0.3, -0.25) is 9.32 Å². The number of H-pyrrole nitrogens is 1. The molecule has 0 amide bonds. The molecule has 0 aliphatic carbocycles. The number of para-hydroxylation sites is 1. The Morgan fingerprint density at radius 2 is 2.03 bits per heavy atom. The van der Waals surface area contributed by atoms with Crippen LogP contribution in [0.15, 0.2) is 58.0 Å². The number of nitrogens with one attached hydrogen (secondary N) is 1. The maximum absolute atomic E-state index is 12.5. The first kappa shape index (κ1) is 18.1. The molecule has 0 atom stereocenters. The van der Waals surface area contributed by atoms with Crippen LogP contribution in [0.4, 0.5) is 0 Å².